The minimum Gasteiger partial charge on any atom is -0.493 e. The Labute approximate surface area is 125 Å². The molecule has 0 aliphatic heterocycles. The highest BCUT2D eigenvalue weighted by Gasteiger charge is 2.13. The lowest BCUT2D eigenvalue weighted by Gasteiger charge is -2.15. The summed E-state index contributed by atoms with van der Waals surface area (Å²) in [6.07, 6.45) is 0.416. The fourth-order valence-corrected chi connectivity index (χ4v) is 1.72. The molecule has 0 saturated heterocycles. The van der Waals surface area contributed by atoms with Crippen molar-refractivity contribution in [2.24, 2.45) is 0 Å². The van der Waals surface area contributed by atoms with E-state index in [2.05, 4.69) is 5.32 Å². The predicted molar refractivity (Wildman–Crippen MR) is 78.8 cm³/mol. The molecule has 0 aliphatic rings. The molecule has 1 aromatic carbocycles. The number of aliphatic hydroxyl groups is 1. The molecule has 0 spiro atoms. The van der Waals surface area contributed by atoms with E-state index in [1.165, 1.54) is 7.11 Å². The van der Waals surface area contributed by atoms with Crippen LogP contribution in [0.25, 0.3) is 0 Å². The number of unbranched alkanes of at least 4 members (excludes halogenated alkanes) is 1. The van der Waals surface area contributed by atoms with Gasteiger partial charge in [0.1, 0.15) is 0 Å². The van der Waals surface area contributed by atoms with Gasteiger partial charge in [-0.3, -0.25) is 0 Å². The molecule has 0 fully saturated rings. The normalized spacial score (nSPS) is 11.6. The van der Waals surface area contributed by atoms with Gasteiger partial charge in [0.15, 0.2) is 11.5 Å². The van der Waals surface area contributed by atoms with Crippen LogP contribution in [0.2, 0.25) is 0 Å². The highest BCUT2D eigenvalue weighted by molar-refractivity contribution is 5.67. The van der Waals surface area contributed by atoms with E-state index < -0.39 is 12.2 Å². The van der Waals surface area contributed by atoms with E-state index in [4.69, 9.17) is 14.2 Å². The van der Waals surface area contributed by atoms with Crippen LogP contribution in [0.3, 0.4) is 0 Å². The summed E-state index contributed by atoms with van der Waals surface area (Å²) in [7, 11) is 3.07. The average molecular weight is 297 g/mol. The van der Waals surface area contributed by atoms with Gasteiger partial charge in [-0.1, -0.05) is 19.4 Å². The first-order valence-electron chi connectivity index (χ1n) is 6.93. The third kappa shape index (κ3) is 5.51. The largest absolute Gasteiger partial charge is 0.493 e. The number of ether oxygens (including phenoxy) is 3. The maximum atomic E-state index is 11.4. The summed E-state index contributed by atoms with van der Waals surface area (Å²) in [4.78, 5) is 11.4. The quantitative estimate of drug-likeness (QED) is 0.720. The number of carbonyl (C=O) groups excluding carboxylic acids is 1. The van der Waals surface area contributed by atoms with E-state index >= 15 is 0 Å². The van der Waals surface area contributed by atoms with Gasteiger partial charge in [0.25, 0.3) is 0 Å². The average Bonchev–Trinajstić information content (AvgIpc) is 2.52. The lowest BCUT2D eigenvalue weighted by atomic mass is 10.1. The molecule has 1 amide bonds. The number of hydrogen-bond acceptors (Lipinski definition) is 5. The van der Waals surface area contributed by atoms with Crippen molar-refractivity contribution >= 4 is 6.09 Å². The van der Waals surface area contributed by atoms with Gasteiger partial charge in [-0.25, -0.2) is 4.79 Å². The monoisotopic (exact) mass is 297 g/mol. The number of hydrogen-bond donors (Lipinski definition) is 2. The van der Waals surface area contributed by atoms with Gasteiger partial charge in [-0.15, -0.1) is 0 Å². The molecule has 2 N–H and O–H groups in total. The fourth-order valence-electron chi connectivity index (χ4n) is 1.72. The number of rotatable bonds is 8. The van der Waals surface area contributed by atoms with Crippen molar-refractivity contribution in [3.63, 3.8) is 0 Å². The standard InChI is InChI=1S/C15H23NO5/c1-4-5-8-21-15(18)16-10-12(17)11-6-7-13(19-2)14(9-11)20-3/h6-7,9,12,17H,4-5,8,10H2,1-3H3,(H,16,18). The van der Waals surface area contributed by atoms with E-state index in [0.717, 1.165) is 12.8 Å². The number of methoxy groups -OCH3 is 2. The number of benzene rings is 1. The smallest absolute Gasteiger partial charge is 0.407 e. The van der Waals surface area contributed by atoms with Crippen LogP contribution >= 0.6 is 0 Å². The SMILES string of the molecule is CCCCOC(=O)NCC(O)c1ccc(OC)c(OC)c1. The second kappa shape index (κ2) is 9.07. The Morgan fingerprint density at radius 1 is 1.29 bits per heavy atom. The Morgan fingerprint density at radius 2 is 2.00 bits per heavy atom. The topological polar surface area (TPSA) is 77.0 Å². The van der Waals surface area contributed by atoms with Crippen LogP contribution < -0.4 is 14.8 Å². The summed E-state index contributed by atoms with van der Waals surface area (Å²) in [5.74, 6) is 1.11. The first-order valence-corrected chi connectivity index (χ1v) is 6.93. The molecule has 0 radical (unpaired) electrons. The third-order valence-corrected chi connectivity index (χ3v) is 2.96. The molecule has 0 aromatic heterocycles. The Bertz CT molecular complexity index is 450. The lowest BCUT2D eigenvalue weighted by molar-refractivity contribution is 0.129. The Kier molecular flexibility index (Phi) is 7.39. The fraction of sp³-hybridized carbons (Fsp3) is 0.533. The van der Waals surface area contributed by atoms with Crippen LogP contribution in [0.15, 0.2) is 18.2 Å². The molecular weight excluding hydrogens is 274 g/mol. The van der Waals surface area contributed by atoms with Gasteiger partial charge in [-0.2, -0.15) is 0 Å². The molecule has 1 atom stereocenters. The first-order chi connectivity index (χ1) is 10.1. The Morgan fingerprint density at radius 3 is 2.62 bits per heavy atom. The molecule has 1 unspecified atom stereocenters. The number of nitrogens with one attached hydrogen (secondary N) is 1. The summed E-state index contributed by atoms with van der Waals surface area (Å²) in [5.41, 5.74) is 0.626. The first kappa shape index (κ1) is 17.1. The Balaban J connectivity index is 2.51. The van der Waals surface area contributed by atoms with Gasteiger partial charge in [0.2, 0.25) is 0 Å². The molecule has 1 rings (SSSR count). The lowest BCUT2D eigenvalue weighted by Crippen LogP contribution is -2.29. The molecular formula is C15H23NO5. The van der Waals surface area contributed by atoms with Crippen molar-refractivity contribution in [2.75, 3.05) is 27.4 Å². The maximum Gasteiger partial charge on any atom is 0.407 e. The van der Waals surface area contributed by atoms with Crippen LogP contribution in [0, 0.1) is 0 Å². The van der Waals surface area contributed by atoms with Crippen molar-refractivity contribution < 1.29 is 24.1 Å². The van der Waals surface area contributed by atoms with Gasteiger partial charge < -0.3 is 24.6 Å². The zero-order valence-corrected chi connectivity index (χ0v) is 12.7. The zero-order valence-electron chi connectivity index (χ0n) is 12.7. The summed E-state index contributed by atoms with van der Waals surface area (Å²) in [5, 5.41) is 12.6. The summed E-state index contributed by atoms with van der Waals surface area (Å²) < 4.78 is 15.2. The van der Waals surface area contributed by atoms with Crippen molar-refractivity contribution in [1.82, 2.24) is 5.32 Å². The highest BCUT2D eigenvalue weighted by atomic mass is 16.5. The van der Waals surface area contributed by atoms with Crippen LogP contribution in [0.5, 0.6) is 11.5 Å². The van der Waals surface area contributed by atoms with Gasteiger partial charge in [0, 0.05) is 0 Å². The maximum absolute atomic E-state index is 11.4. The molecule has 0 heterocycles. The van der Waals surface area contributed by atoms with E-state index in [9.17, 15) is 9.90 Å². The molecule has 21 heavy (non-hydrogen) atoms. The van der Waals surface area contributed by atoms with Crippen LogP contribution in [0.1, 0.15) is 31.4 Å². The van der Waals surface area contributed by atoms with E-state index in [1.54, 1.807) is 25.3 Å². The minimum absolute atomic E-state index is 0.0699. The van der Waals surface area contributed by atoms with Crippen molar-refractivity contribution in [3.8, 4) is 11.5 Å². The van der Waals surface area contributed by atoms with Crippen LogP contribution in [-0.2, 0) is 4.74 Å². The van der Waals surface area contributed by atoms with Crippen LogP contribution in [0.4, 0.5) is 4.79 Å². The van der Waals surface area contributed by atoms with E-state index in [1.807, 2.05) is 6.92 Å². The van der Waals surface area contributed by atoms with E-state index in [-0.39, 0.29) is 6.54 Å². The number of alkyl carbamates (subject to hydrolysis) is 1. The summed E-state index contributed by atoms with van der Waals surface area (Å²) in [6.45, 7) is 2.47. The van der Waals surface area contributed by atoms with Crippen LogP contribution in [-0.4, -0.2) is 38.6 Å². The highest BCUT2D eigenvalue weighted by Crippen LogP contribution is 2.29. The molecule has 0 saturated carbocycles. The predicted octanol–water partition coefficient (Wildman–Crippen LogP) is 2.26. The van der Waals surface area contributed by atoms with Gasteiger partial charge >= 0.3 is 6.09 Å². The van der Waals surface area contributed by atoms with Crippen molar-refractivity contribution in [1.29, 1.82) is 0 Å². The van der Waals surface area contributed by atoms with Gasteiger partial charge in [-0.05, 0) is 24.1 Å². The van der Waals surface area contributed by atoms with Crippen molar-refractivity contribution in [3.05, 3.63) is 23.8 Å². The molecule has 0 aliphatic carbocycles. The summed E-state index contributed by atoms with van der Waals surface area (Å²) in [6, 6.07) is 5.10. The molecule has 6 nitrogen and oxygen atoms in total. The molecule has 1 aromatic rings. The van der Waals surface area contributed by atoms with E-state index in [0.29, 0.717) is 23.7 Å². The number of amides is 1. The molecule has 118 valence electrons. The second-order valence-electron chi connectivity index (χ2n) is 4.50. The minimum atomic E-state index is -0.844. The molecule has 0 bridgehead atoms. The Hall–Kier alpha value is -1.95. The zero-order chi connectivity index (χ0) is 15.7. The molecule has 6 heteroatoms. The summed E-state index contributed by atoms with van der Waals surface area (Å²) >= 11 is 0. The number of aliphatic hydroxyl groups excluding tert-OH is 1. The van der Waals surface area contributed by atoms with Crippen molar-refractivity contribution in [2.45, 2.75) is 25.9 Å². The van der Waals surface area contributed by atoms with Gasteiger partial charge in [0.05, 0.1) is 33.5 Å². The number of carbonyl (C=O) groups is 1. The second-order valence-corrected chi connectivity index (χ2v) is 4.50. The third-order valence-electron chi connectivity index (χ3n) is 2.96.